The Morgan fingerprint density at radius 3 is 2.57 bits per heavy atom. The molecular formula is C26H21BrN2O6. The maximum atomic E-state index is 12.5. The van der Waals surface area contributed by atoms with Gasteiger partial charge in [-0.3, -0.25) is 10.1 Å². The van der Waals surface area contributed by atoms with E-state index in [0.717, 1.165) is 5.56 Å². The Morgan fingerprint density at radius 2 is 1.89 bits per heavy atom. The van der Waals surface area contributed by atoms with Crippen LogP contribution in [0.25, 0.3) is 6.08 Å². The lowest BCUT2D eigenvalue weighted by Crippen LogP contribution is -2.06. The number of nitrogens with zero attached hydrogens (tertiary/aromatic N) is 2. The maximum Gasteiger partial charge on any atom is 0.363 e. The number of hydrogen-bond donors (Lipinski definition) is 0. The number of ether oxygens (including phenoxy) is 3. The van der Waals surface area contributed by atoms with Crippen molar-refractivity contribution in [2.45, 2.75) is 20.5 Å². The minimum absolute atomic E-state index is 0.0164. The zero-order valence-corrected chi connectivity index (χ0v) is 20.6. The fraction of sp³-hybridized carbons (Fsp3) is 0.154. The van der Waals surface area contributed by atoms with Crippen LogP contribution in [0.5, 0.6) is 11.5 Å². The molecule has 0 amide bonds. The molecule has 0 bridgehead atoms. The first-order valence-electron chi connectivity index (χ1n) is 10.8. The molecule has 0 saturated carbocycles. The topological polar surface area (TPSA) is 100 Å². The predicted octanol–water partition coefficient (Wildman–Crippen LogP) is 5.99. The predicted molar refractivity (Wildman–Crippen MR) is 135 cm³/mol. The van der Waals surface area contributed by atoms with Gasteiger partial charge in [0.25, 0.3) is 5.69 Å². The van der Waals surface area contributed by atoms with E-state index in [1.165, 1.54) is 12.1 Å². The molecule has 178 valence electrons. The molecule has 0 spiro atoms. The lowest BCUT2D eigenvalue weighted by atomic mass is 10.1. The molecule has 0 unspecified atom stereocenters. The Kier molecular flexibility index (Phi) is 7.26. The van der Waals surface area contributed by atoms with Crippen molar-refractivity contribution in [1.29, 1.82) is 0 Å². The van der Waals surface area contributed by atoms with E-state index in [1.807, 2.05) is 37.3 Å². The number of halogens is 1. The molecule has 3 aromatic carbocycles. The molecule has 0 fully saturated rings. The Hall–Kier alpha value is -3.98. The van der Waals surface area contributed by atoms with Crippen molar-refractivity contribution in [3.8, 4) is 11.5 Å². The van der Waals surface area contributed by atoms with Gasteiger partial charge in [-0.05, 0) is 71.2 Å². The van der Waals surface area contributed by atoms with Crippen LogP contribution in [0.15, 0.2) is 75.8 Å². The molecule has 0 saturated heterocycles. The highest BCUT2D eigenvalue weighted by Crippen LogP contribution is 2.38. The van der Waals surface area contributed by atoms with E-state index in [2.05, 4.69) is 20.9 Å². The number of rotatable bonds is 8. The number of carbonyl (C=O) groups is 1. The van der Waals surface area contributed by atoms with Crippen molar-refractivity contribution in [3.63, 3.8) is 0 Å². The van der Waals surface area contributed by atoms with Crippen LogP contribution in [0.4, 0.5) is 5.69 Å². The van der Waals surface area contributed by atoms with E-state index in [1.54, 1.807) is 31.2 Å². The third kappa shape index (κ3) is 5.58. The molecule has 4 rings (SSSR count). The largest absolute Gasteiger partial charge is 0.490 e. The summed E-state index contributed by atoms with van der Waals surface area (Å²) in [5, 5.41) is 11.1. The van der Waals surface area contributed by atoms with Gasteiger partial charge in [-0.25, -0.2) is 9.79 Å². The Morgan fingerprint density at radius 1 is 1.11 bits per heavy atom. The molecule has 8 nitrogen and oxygen atoms in total. The zero-order valence-electron chi connectivity index (χ0n) is 19.0. The first-order chi connectivity index (χ1) is 16.9. The van der Waals surface area contributed by atoms with Crippen LogP contribution in [0.3, 0.4) is 0 Å². The molecule has 3 aromatic rings. The second kappa shape index (κ2) is 10.5. The lowest BCUT2D eigenvalue weighted by Gasteiger charge is -2.15. The molecule has 0 N–H and O–H groups in total. The van der Waals surface area contributed by atoms with E-state index >= 15 is 0 Å². The highest BCUT2D eigenvalue weighted by Gasteiger charge is 2.26. The number of carbonyl (C=O) groups excluding carboxylic acids is 1. The highest BCUT2D eigenvalue weighted by molar-refractivity contribution is 9.10. The van der Waals surface area contributed by atoms with Crippen LogP contribution in [-0.4, -0.2) is 23.4 Å². The number of nitro groups is 1. The van der Waals surface area contributed by atoms with Crippen LogP contribution in [0.1, 0.15) is 29.2 Å². The van der Waals surface area contributed by atoms with Crippen molar-refractivity contribution >= 4 is 39.6 Å². The third-order valence-electron chi connectivity index (χ3n) is 5.12. The number of esters is 1. The molecule has 1 heterocycles. The van der Waals surface area contributed by atoms with E-state index in [-0.39, 0.29) is 17.3 Å². The van der Waals surface area contributed by atoms with Gasteiger partial charge in [-0.1, -0.05) is 30.3 Å². The fourth-order valence-corrected chi connectivity index (χ4v) is 4.06. The van der Waals surface area contributed by atoms with E-state index in [4.69, 9.17) is 14.2 Å². The van der Waals surface area contributed by atoms with Gasteiger partial charge in [0.15, 0.2) is 17.2 Å². The average Bonchev–Trinajstić information content (AvgIpc) is 3.19. The van der Waals surface area contributed by atoms with Gasteiger partial charge in [0.2, 0.25) is 5.90 Å². The van der Waals surface area contributed by atoms with Crippen molar-refractivity contribution < 1.29 is 23.9 Å². The third-order valence-corrected chi connectivity index (χ3v) is 5.71. The lowest BCUT2D eigenvalue weighted by molar-refractivity contribution is -0.385. The van der Waals surface area contributed by atoms with Crippen LogP contribution < -0.4 is 9.47 Å². The SMILES string of the molecule is CCOc1cc(/C=C2\N=C(c3ccc([N+](=O)[O-])c(C)c3)OC2=O)cc(Br)c1OCc1ccccc1. The zero-order chi connectivity index (χ0) is 24.9. The van der Waals surface area contributed by atoms with Crippen molar-refractivity contribution in [2.24, 2.45) is 4.99 Å². The molecule has 9 heteroatoms. The number of benzene rings is 3. The molecular weight excluding hydrogens is 516 g/mol. The molecule has 0 radical (unpaired) electrons. The van der Waals surface area contributed by atoms with Crippen LogP contribution in [0.2, 0.25) is 0 Å². The summed E-state index contributed by atoms with van der Waals surface area (Å²) >= 11 is 3.54. The van der Waals surface area contributed by atoms with Crippen LogP contribution in [0, 0.1) is 17.0 Å². The van der Waals surface area contributed by atoms with Gasteiger partial charge in [0.1, 0.15) is 6.61 Å². The molecule has 1 aliphatic heterocycles. The van der Waals surface area contributed by atoms with Gasteiger partial charge < -0.3 is 14.2 Å². The minimum atomic E-state index is -0.616. The van der Waals surface area contributed by atoms with E-state index in [9.17, 15) is 14.9 Å². The van der Waals surface area contributed by atoms with Gasteiger partial charge in [-0.2, -0.15) is 0 Å². The first kappa shape index (κ1) is 24.2. The van der Waals surface area contributed by atoms with E-state index < -0.39 is 10.9 Å². The molecule has 35 heavy (non-hydrogen) atoms. The van der Waals surface area contributed by atoms with Crippen LogP contribution in [-0.2, 0) is 16.1 Å². The van der Waals surface area contributed by atoms with Gasteiger partial charge >= 0.3 is 5.97 Å². The standard InChI is InChI=1S/C26H21BrN2O6/c1-3-33-23-14-18(12-20(27)24(23)34-15-17-7-5-4-6-8-17)13-21-26(30)35-25(28-21)19-9-10-22(29(31)32)16(2)11-19/h4-14H,3,15H2,1-2H3/b21-13-. The Labute approximate surface area is 210 Å². The summed E-state index contributed by atoms with van der Waals surface area (Å²) in [5.41, 5.74) is 2.68. The van der Waals surface area contributed by atoms with E-state index in [0.29, 0.717) is 45.9 Å². The number of aliphatic imine (C=N–C) groups is 1. The molecule has 0 aromatic heterocycles. The summed E-state index contributed by atoms with van der Waals surface area (Å²) in [4.78, 5) is 27.4. The van der Waals surface area contributed by atoms with Crippen LogP contribution >= 0.6 is 15.9 Å². The second-order valence-electron chi connectivity index (χ2n) is 7.63. The minimum Gasteiger partial charge on any atom is -0.490 e. The Bertz CT molecular complexity index is 1350. The highest BCUT2D eigenvalue weighted by atomic mass is 79.9. The normalized spacial score (nSPS) is 14.0. The molecule has 0 aliphatic carbocycles. The summed E-state index contributed by atoms with van der Waals surface area (Å²) in [6, 6.07) is 17.8. The van der Waals surface area contributed by atoms with Crippen molar-refractivity contribution in [2.75, 3.05) is 6.61 Å². The van der Waals surface area contributed by atoms with Crippen molar-refractivity contribution in [3.05, 3.63) is 103 Å². The van der Waals surface area contributed by atoms with Crippen molar-refractivity contribution in [1.82, 2.24) is 0 Å². The molecule has 1 aliphatic rings. The van der Waals surface area contributed by atoms with Gasteiger partial charge in [0.05, 0.1) is 16.0 Å². The number of aryl methyl sites for hydroxylation is 1. The smallest absolute Gasteiger partial charge is 0.363 e. The summed E-state index contributed by atoms with van der Waals surface area (Å²) < 4.78 is 17.8. The molecule has 0 atom stereocenters. The number of hydrogen-bond acceptors (Lipinski definition) is 7. The monoisotopic (exact) mass is 536 g/mol. The summed E-state index contributed by atoms with van der Waals surface area (Å²) in [6.07, 6.45) is 1.59. The second-order valence-corrected chi connectivity index (χ2v) is 8.49. The average molecular weight is 537 g/mol. The summed E-state index contributed by atoms with van der Waals surface area (Å²) in [6.45, 7) is 4.29. The summed E-state index contributed by atoms with van der Waals surface area (Å²) in [7, 11) is 0. The Balaban J connectivity index is 1.61. The number of cyclic esters (lactones) is 1. The summed E-state index contributed by atoms with van der Waals surface area (Å²) in [5.74, 6) is 0.546. The van der Waals surface area contributed by atoms with Gasteiger partial charge in [0, 0.05) is 17.2 Å². The van der Waals surface area contributed by atoms with Gasteiger partial charge in [-0.15, -0.1) is 0 Å². The maximum absolute atomic E-state index is 12.5. The number of nitro benzene ring substituents is 1. The quantitative estimate of drug-likeness (QED) is 0.152. The fourth-order valence-electron chi connectivity index (χ4n) is 3.49. The first-order valence-corrected chi connectivity index (χ1v) is 11.6.